The lowest BCUT2D eigenvalue weighted by Gasteiger charge is -2.33. The molecule has 0 aromatic heterocycles. The van der Waals surface area contributed by atoms with Crippen molar-refractivity contribution in [2.75, 3.05) is 7.11 Å². The van der Waals surface area contributed by atoms with Crippen LogP contribution in [0.4, 0.5) is 0 Å². The minimum Gasteiger partial charge on any atom is -0.496 e. The SMILES string of the molecule is COc1cc2ccccc2cc1CNC1CC(C(=O)O)C1. The molecular weight excluding hydrogens is 266 g/mol. The molecule has 0 amide bonds. The molecule has 0 bridgehead atoms. The van der Waals surface area contributed by atoms with E-state index >= 15 is 0 Å². The molecule has 3 rings (SSSR count). The molecule has 21 heavy (non-hydrogen) atoms. The van der Waals surface area contributed by atoms with Crippen molar-refractivity contribution in [2.45, 2.75) is 25.4 Å². The molecule has 1 aliphatic rings. The lowest BCUT2D eigenvalue weighted by atomic mass is 9.80. The average molecular weight is 285 g/mol. The van der Waals surface area contributed by atoms with E-state index in [0.29, 0.717) is 25.4 Å². The molecule has 1 aliphatic carbocycles. The molecule has 0 radical (unpaired) electrons. The zero-order chi connectivity index (χ0) is 14.8. The van der Waals surface area contributed by atoms with Gasteiger partial charge in [-0.05, 0) is 35.7 Å². The summed E-state index contributed by atoms with van der Waals surface area (Å²) < 4.78 is 5.46. The van der Waals surface area contributed by atoms with Crippen molar-refractivity contribution in [3.63, 3.8) is 0 Å². The summed E-state index contributed by atoms with van der Waals surface area (Å²) in [6.45, 7) is 0.699. The molecule has 2 aromatic rings. The number of hydrogen-bond acceptors (Lipinski definition) is 3. The molecule has 1 fully saturated rings. The van der Waals surface area contributed by atoms with Gasteiger partial charge in [0.2, 0.25) is 0 Å². The van der Waals surface area contributed by atoms with Crippen LogP contribution in [0.15, 0.2) is 36.4 Å². The van der Waals surface area contributed by atoms with Crippen molar-refractivity contribution < 1.29 is 14.6 Å². The van der Waals surface area contributed by atoms with Crippen LogP contribution < -0.4 is 10.1 Å². The van der Waals surface area contributed by atoms with Gasteiger partial charge in [-0.1, -0.05) is 24.3 Å². The predicted molar refractivity (Wildman–Crippen MR) is 81.5 cm³/mol. The van der Waals surface area contributed by atoms with E-state index in [4.69, 9.17) is 9.84 Å². The van der Waals surface area contributed by atoms with Gasteiger partial charge in [0.25, 0.3) is 0 Å². The first kappa shape index (κ1) is 13.9. The van der Waals surface area contributed by atoms with Gasteiger partial charge in [-0.3, -0.25) is 4.79 Å². The van der Waals surface area contributed by atoms with E-state index in [1.165, 1.54) is 5.39 Å². The normalized spacial score (nSPS) is 21.0. The van der Waals surface area contributed by atoms with Crippen LogP contribution in [0, 0.1) is 5.92 Å². The number of aliphatic carboxylic acids is 1. The number of nitrogens with one attached hydrogen (secondary N) is 1. The van der Waals surface area contributed by atoms with Gasteiger partial charge in [-0.2, -0.15) is 0 Å². The maximum atomic E-state index is 10.8. The topological polar surface area (TPSA) is 58.6 Å². The van der Waals surface area contributed by atoms with Gasteiger partial charge in [0.15, 0.2) is 0 Å². The molecule has 0 spiro atoms. The minimum atomic E-state index is -0.684. The minimum absolute atomic E-state index is 0.180. The molecule has 0 heterocycles. The largest absolute Gasteiger partial charge is 0.496 e. The molecule has 0 atom stereocenters. The van der Waals surface area contributed by atoms with Gasteiger partial charge in [0.1, 0.15) is 5.75 Å². The summed E-state index contributed by atoms with van der Waals surface area (Å²) in [5.74, 6) is 0.00708. The summed E-state index contributed by atoms with van der Waals surface area (Å²) in [5, 5.41) is 14.7. The molecule has 110 valence electrons. The van der Waals surface area contributed by atoms with Gasteiger partial charge in [0, 0.05) is 18.2 Å². The zero-order valence-electron chi connectivity index (χ0n) is 12.0. The second kappa shape index (κ2) is 5.74. The van der Waals surface area contributed by atoms with Crippen molar-refractivity contribution in [3.05, 3.63) is 42.0 Å². The summed E-state index contributed by atoms with van der Waals surface area (Å²) in [5.41, 5.74) is 1.11. The number of carboxylic acid groups (broad SMARTS) is 1. The summed E-state index contributed by atoms with van der Waals surface area (Å²) in [6.07, 6.45) is 1.43. The third-order valence-electron chi connectivity index (χ3n) is 4.22. The highest BCUT2D eigenvalue weighted by molar-refractivity contribution is 5.85. The Morgan fingerprint density at radius 2 is 1.95 bits per heavy atom. The first-order chi connectivity index (χ1) is 10.2. The van der Waals surface area contributed by atoms with E-state index in [0.717, 1.165) is 16.7 Å². The highest BCUT2D eigenvalue weighted by Crippen LogP contribution is 2.29. The molecule has 4 heteroatoms. The number of rotatable bonds is 5. The molecule has 4 nitrogen and oxygen atoms in total. The number of hydrogen-bond donors (Lipinski definition) is 2. The van der Waals surface area contributed by atoms with Crippen molar-refractivity contribution in [1.82, 2.24) is 5.32 Å². The van der Waals surface area contributed by atoms with E-state index in [-0.39, 0.29) is 5.92 Å². The van der Waals surface area contributed by atoms with Crippen LogP contribution in [-0.4, -0.2) is 24.2 Å². The Morgan fingerprint density at radius 1 is 1.29 bits per heavy atom. The Morgan fingerprint density at radius 3 is 2.57 bits per heavy atom. The zero-order valence-corrected chi connectivity index (χ0v) is 12.0. The fourth-order valence-electron chi connectivity index (χ4n) is 2.84. The van der Waals surface area contributed by atoms with Gasteiger partial charge >= 0.3 is 5.97 Å². The quantitative estimate of drug-likeness (QED) is 0.887. The van der Waals surface area contributed by atoms with Crippen LogP contribution in [0.25, 0.3) is 10.8 Å². The summed E-state index contributed by atoms with van der Waals surface area (Å²) >= 11 is 0. The van der Waals surface area contributed by atoms with Crippen LogP contribution in [0.1, 0.15) is 18.4 Å². The van der Waals surface area contributed by atoms with Crippen molar-refractivity contribution >= 4 is 16.7 Å². The maximum Gasteiger partial charge on any atom is 0.306 e. The molecule has 2 aromatic carbocycles. The van der Waals surface area contributed by atoms with Crippen LogP contribution in [0.5, 0.6) is 5.75 Å². The van der Waals surface area contributed by atoms with E-state index < -0.39 is 5.97 Å². The maximum absolute atomic E-state index is 10.8. The second-order valence-electron chi connectivity index (χ2n) is 5.60. The number of ether oxygens (including phenoxy) is 1. The van der Waals surface area contributed by atoms with Crippen molar-refractivity contribution in [1.29, 1.82) is 0 Å². The highest BCUT2D eigenvalue weighted by Gasteiger charge is 2.33. The van der Waals surface area contributed by atoms with E-state index in [9.17, 15) is 4.79 Å². The van der Waals surface area contributed by atoms with Crippen molar-refractivity contribution in [2.24, 2.45) is 5.92 Å². The molecule has 0 saturated heterocycles. The second-order valence-corrected chi connectivity index (χ2v) is 5.60. The Labute approximate surface area is 123 Å². The Kier molecular flexibility index (Phi) is 3.80. The van der Waals surface area contributed by atoms with Gasteiger partial charge in [-0.25, -0.2) is 0 Å². The third-order valence-corrected chi connectivity index (χ3v) is 4.22. The average Bonchev–Trinajstić information content (AvgIpc) is 2.44. The molecular formula is C17H19NO3. The van der Waals surface area contributed by atoms with Crippen LogP contribution in [0.2, 0.25) is 0 Å². The first-order valence-electron chi connectivity index (χ1n) is 7.19. The van der Waals surface area contributed by atoms with E-state index in [1.807, 2.05) is 18.2 Å². The Hall–Kier alpha value is -2.07. The highest BCUT2D eigenvalue weighted by atomic mass is 16.5. The van der Waals surface area contributed by atoms with Gasteiger partial charge in [0.05, 0.1) is 13.0 Å². The Balaban J connectivity index is 1.70. The number of fused-ring (bicyclic) bond motifs is 1. The summed E-state index contributed by atoms with van der Waals surface area (Å²) in [7, 11) is 1.68. The Bertz CT molecular complexity index is 662. The van der Waals surface area contributed by atoms with E-state index in [2.05, 4.69) is 23.5 Å². The molecule has 0 aliphatic heterocycles. The fraction of sp³-hybridized carbons (Fsp3) is 0.353. The monoisotopic (exact) mass is 285 g/mol. The van der Waals surface area contributed by atoms with Gasteiger partial charge in [-0.15, -0.1) is 0 Å². The molecule has 0 unspecified atom stereocenters. The van der Waals surface area contributed by atoms with Crippen LogP contribution >= 0.6 is 0 Å². The molecule has 1 saturated carbocycles. The predicted octanol–water partition coefficient (Wildman–Crippen LogP) is 2.80. The van der Waals surface area contributed by atoms with Crippen molar-refractivity contribution in [3.8, 4) is 5.75 Å². The van der Waals surface area contributed by atoms with Gasteiger partial charge < -0.3 is 15.2 Å². The lowest BCUT2D eigenvalue weighted by molar-refractivity contribution is -0.145. The number of carbonyl (C=O) groups is 1. The summed E-state index contributed by atoms with van der Waals surface area (Å²) in [4.78, 5) is 10.8. The standard InChI is InChI=1S/C17H19NO3/c1-21-16-9-12-5-3-2-4-11(12)6-14(16)10-18-15-7-13(8-15)17(19)20/h2-6,9,13,15,18H,7-8,10H2,1H3,(H,19,20). The van der Waals surface area contributed by atoms with Crippen LogP contribution in [0.3, 0.4) is 0 Å². The van der Waals surface area contributed by atoms with Crippen LogP contribution in [-0.2, 0) is 11.3 Å². The lowest BCUT2D eigenvalue weighted by Crippen LogP contribution is -2.43. The third kappa shape index (κ3) is 2.85. The number of methoxy groups -OCH3 is 1. The summed E-state index contributed by atoms with van der Waals surface area (Å²) in [6, 6.07) is 12.7. The first-order valence-corrected chi connectivity index (χ1v) is 7.19. The molecule has 2 N–H and O–H groups in total. The fourth-order valence-corrected chi connectivity index (χ4v) is 2.84. The smallest absolute Gasteiger partial charge is 0.306 e. The number of benzene rings is 2. The van der Waals surface area contributed by atoms with E-state index in [1.54, 1.807) is 7.11 Å². The number of carboxylic acids is 1.